The van der Waals surface area contributed by atoms with E-state index in [4.69, 9.17) is 33.8 Å². The third kappa shape index (κ3) is 3.90. The van der Waals surface area contributed by atoms with Crippen LogP contribution in [0.1, 0.15) is 17.5 Å². The smallest absolute Gasteiger partial charge is 0.370 e. The minimum absolute atomic E-state index is 0.00347. The summed E-state index contributed by atoms with van der Waals surface area (Å²) in [6.45, 7) is 0.855. The van der Waals surface area contributed by atoms with Crippen LogP contribution in [0.4, 0.5) is 16.2 Å². The van der Waals surface area contributed by atoms with E-state index in [2.05, 4.69) is 11.8 Å². The van der Waals surface area contributed by atoms with Gasteiger partial charge in [-0.1, -0.05) is 24.0 Å². The Bertz CT molecular complexity index is 1260. The number of rotatable bonds is 6. The Morgan fingerprint density at radius 1 is 1.14 bits per heavy atom. The largest absolute Gasteiger partial charge is 0.420 e. The Kier molecular flexibility index (Phi) is 6.82. The van der Waals surface area contributed by atoms with Crippen LogP contribution >= 0.6 is 0 Å². The van der Waals surface area contributed by atoms with Crippen LogP contribution in [-0.4, -0.2) is 56.9 Å². The first-order valence-corrected chi connectivity index (χ1v) is 11.4. The number of amides is 4. The first-order valence-electron chi connectivity index (χ1n) is 11.4. The number of urea groups is 1. The molecule has 3 atom stereocenters. The number of terminal acetylenes is 2. The number of hydrogen-bond acceptors (Lipinski definition) is 5. The maximum absolute atomic E-state index is 13.4. The van der Waals surface area contributed by atoms with Gasteiger partial charge in [-0.3, -0.25) is 9.59 Å². The molecule has 0 aromatic heterocycles. The Morgan fingerprint density at radius 2 is 1.83 bits per heavy atom. The van der Waals surface area contributed by atoms with Gasteiger partial charge in [0.05, 0.1) is 6.61 Å². The number of nitrogens with zero attached hydrogens (tertiary/aromatic N) is 2. The molecule has 2 saturated heterocycles. The number of nitrogens with two attached hydrogens (primary N) is 2. The van der Waals surface area contributed by atoms with Crippen molar-refractivity contribution in [1.82, 2.24) is 4.48 Å². The summed E-state index contributed by atoms with van der Waals surface area (Å²) in [5.41, 5.74) is 12.7. The fourth-order valence-corrected chi connectivity index (χ4v) is 5.31. The molecule has 9 heteroatoms. The SMILES string of the molecule is C#CCO[C@@H]1C[C@](C(N)=O)(c2ccc(N3CCOCC3=O)cc2)[N+](C(N)=O)(c2ccc(C#C)cc2)C1. The summed E-state index contributed by atoms with van der Waals surface area (Å²) in [6.07, 6.45) is 10.4. The summed E-state index contributed by atoms with van der Waals surface area (Å²) < 4.78 is 10.4. The summed E-state index contributed by atoms with van der Waals surface area (Å²) in [4.78, 5) is 40.6. The quantitative estimate of drug-likeness (QED) is 0.468. The minimum Gasteiger partial charge on any atom is -0.370 e. The van der Waals surface area contributed by atoms with Gasteiger partial charge in [0.25, 0.3) is 11.8 Å². The van der Waals surface area contributed by atoms with Gasteiger partial charge in [0.15, 0.2) is 0 Å². The Hall–Kier alpha value is -4.15. The van der Waals surface area contributed by atoms with Gasteiger partial charge < -0.3 is 25.8 Å². The molecule has 2 aliphatic rings. The van der Waals surface area contributed by atoms with Gasteiger partial charge in [-0.15, -0.1) is 12.8 Å². The first-order chi connectivity index (χ1) is 17.3. The molecule has 184 valence electrons. The molecule has 2 fully saturated rings. The molecule has 0 aliphatic carbocycles. The number of primary amides is 2. The molecule has 2 heterocycles. The van der Waals surface area contributed by atoms with Crippen LogP contribution < -0.4 is 20.9 Å². The summed E-state index contributed by atoms with van der Waals surface area (Å²) in [5.74, 6) is 4.04. The van der Waals surface area contributed by atoms with Crippen molar-refractivity contribution in [3.05, 3.63) is 59.7 Å². The molecule has 4 amide bonds. The molecule has 2 aromatic rings. The molecule has 9 nitrogen and oxygen atoms in total. The van der Waals surface area contributed by atoms with Gasteiger partial charge >= 0.3 is 6.03 Å². The normalized spacial score (nSPS) is 25.7. The van der Waals surface area contributed by atoms with Crippen LogP contribution in [0.25, 0.3) is 0 Å². The highest BCUT2D eigenvalue weighted by Crippen LogP contribution is 2.49. The highest BCUT2D eigenvalue weighted by molar-refractivity contribution is 6.00. The van der Waals surface area contributed by atoms with Gasteiger partial charge in [0.2, 0.25) is 5.54 Å². The molecule has 4 N–H and O–H groups in total. The monoisotopic (exact) mass is 487 g/mol. The molecule has 0 radical (unpaired) electrons. The van der Waals surface area contributed by atoms with Crippen molar-refractivity contribution < 1.29 is 23.9 Å². The molecule has 4 rings (SSSR count). The predicted octanol–water partition coefficient (Wildman–Crippen LogP) is 1.22. The molecule has 2 aliphatic heterocycles. The van der Waals surface area contributed by atoms with Gasteiger partial charge in [-0.25, -0.2) is 4.79 Å². The number of benzene rings is 2. The predicted molar refractivity (Wildman–Crippen MR) is 134 cm³/mol. The number of likely N-dealkylation sites (tertiary alicyclic amines) is 1. The second-order valence-corrected chi connectivity index (χ2v) is 8.73. The summed E-state index contributed by atoms with van der Waals surface area (Å²) in [7, 11) is 0. The number of hydrogen-bond donors (Lipinski definition) is 2. The number of morpholine rings is 1. The van der Waals surface area contributed by atoms with E-state index in [0.29, 0.717) is 35.7 Å². The highest BCUT2D eigenvalue weighted by atomic mass is 16.5. The zero-order valence-electron chi connectivity index (χ0n) is 19.7. The van der Waals surface area contributed by atoms with E-state index in [1.807, 2.05) is 0 Å². The molecule has 1 unspecified atom stereocenters. The van der Waals surface area contributed by atoms with E-state index in [1.165, 1.54) is 0 Å². The van der Waals surface area contributed by atoms with Crippen molar-refractivity contribution in [3.63, 3.8) is 0 Å². The lowest BCUT2D eigenvalue weighted by Gasteiger charge is -2.42. The highest BCUT2D eigenvalue weighted by Gasteiger charge is 2.68. The topological polar surface area (TPSA) is 125 Å². The van der Waals surface area contributed by atoms with E-state index < -0.39 is 28.1 Å². The van der Waals surface area contributed by atoms with E-state index in [-0.39, 0.29) is 32.1 Å². The lowest BCUT2D eigenvalue weighted by Crippen LogP contribution is -2.70. The third-order valence-electron chi connectivity index (χ3n) is 6.96. The lowest BCUT2D eigenvalue weighted by atomic mass is 9.83. The third-order valence-corrected chi connectivity index (χ3v) is 6.96. The van der Waals surface area contributed by atoms with Crippen molar-refractivity contribution >= 4 is 29.2 Å². The summed E-state index contributed by atoms with van der Waals surface area (Å²) >= 11 is 0. The zero-order valence-corrected chi connectivity index (χ0v) is 19.7. The molecule has 0 saturated carbocycles. The van der Waals surface area contributed by atoms with E-state index in [9.17, 15) is 14.4 Å². The van der Waals surface area contributed by atoms with Crippen LogP contribution in [0.5, 0.6) is 0 Å². The van der Waals surface area contributed by atoms with Crippen LogP contribution in [0.15, 0.2) is 48.5 Å². The van der Waals surface area contributed by atoms with Crippen LogP contribution in [-0.2, 0) is 24.6 Å². The van der Waals surface area contributed by atoms with Gasteiger partial charge in [0, 0.05) is 41.9 Å². The van der Waals surface area contributed by atoms with E-state index in [1.54, 1.807) is 53.4 Å². The second-order valence-electron chi connectivity index (χ2n) is 8.73. The lowest BCUT2D eigenvalue weighted by molar-refractivity contribution is -0.127. The molecular weight excluding hydrogens is 460 g/mol. The van der Waals surface area contributed by atoms with Gasteiger partial charge in [-0.2, -0.15) is 4.48 Å². The molecule has 36 heavy (non-hydrogen) atoms. The number of carbonyl (C=O) groups is 3. The molecular formula is C27H27N4O5+. The van der Waals surface area contributed by atoms with Crippen molar-refractivity contribution in [2.75, 3.05) is 37.8 Å². The Labute approximate surface area is 209 Å². The Balaban J connectivity index is 1.88. The Morgan fingerprint density at radius 3 is 2.39 bits per heavy atom. The average molecular weight is 488 g/mol. The van der Waals surface area contributed by atoms with Crippen LogP contribution in [0.2, 0.25) is 0 Å². The number of quaternary nitrogens is 1. The second kappa shape index (κ2) is 9.84. The van der Waals surface area contributed by atoms with Gasteiger partial charge in [0.1, 0.15) is 31.5 Å². The van der Waals surface area contributed by atoms with Gasteiger partial charge in [-0.05, 0) is 24.3 Å². The van der Waals surface area contributed by atoms with Crippen molar-refractivity contribution in [2.24, 2.45) is 11.5 Å². The molecule has 0 spiro atoms. The number of carbonyl (C=O) groups excluding carboxylic acids is 3. The van der Waals surface area contributed by atoms with Crippen molar-refractivity contribution in [1.29, 1.82) is 0 Å². The van der Waals surface area contributed by atoms with Crippen LogP contribution in [0, 0.1) is 24.7 Å². The van der Waals surface area contributed by atoms with Crippen molar-refractivity contribution in [3.8, 4) is 24.7 Å². The fraction of sp³-hybridized carbons (Fsp3) is 0.296. The average Bonchev–Trinajstić information content (AvgIpc) is 3.25. The maximum Gasteiger partial charge on any atom is 0.420 e. The minimum atomic E-state index is -1.60. The maximum atomic E-state index is 13.4. The molecule has 2 aromatic carbocycles. The number of anilines is 1. The number of ether oxygens (including phenoxy) is 2. The van der Waals surface area contributed by atoms with E-state index in [0.717, 1.165) is 0 Å². The summed E-state index contributed by atoms with van der Waals surface area (Å²) in [6, 6.07) is 12.7. The summed E-state index contributed by atoms with van der Waals surface area (Å²) in [5, 5.41) is 0. The standard InChI is InChI=1S/C27H26N4O5/c1-3-14-36-23-16-27(25(28)33,20-7-9-21(10-8-20)30-13-15-35-18-24(30)32)31(17-23,26(29)34)22-11-5-19(4-2)6-12-22/h1-2,5-12,23H,13-18H2,(H3-,28,29,33,34)/p+1/t23-,27-,31?/m1/s1. The van der Waals surface area contributed by atoms with Crippen molar-refractivity contribution in [2.45, 2.75) is 18.1 Å². The van der Waals surface area contributed by atoms with Crippen LogP contribution in [0.3, 0.4) is 0 Å². The zero-order chi connectivity index (χ0) is 25.9. The molecule has 0 bridgehead atoms. The van der Waals surface area contributed by atoms with E-state index >= 15 is 0 Å². The fourth-order valence-electron chi connectivity index (χ4n) is 5.31. The first kappa shape index (κ1) is 25.0.